The molecule has 1 aliphatic carbocycles. The minimum Gasteiger partial charge on any atom is -0.348 e. The van der Waals surface area contributed by atoms with E-state index in [1.165, 1.54) is 6.07 Å². The third-order valence-electron chi connectivity index (χ3n) is 4.73. The quantitative estimate of drug-likeness (QED) is 0.566. The SMILES string of the molecule is C#Cc1cccc(CNC(=O)c2ccc3c(c2)C(=O)c2ccccc2C3=O)c1. The number of hydrogen-bond acceptors (Lipinski definition) is 3. The molecule has 0 saturated heterocycles. The average Bonchev–Trinajstić information content (AvgIpc) is 2.75. The first kappa shape index (κ1) is 17.4. The highest BCUT2D eigenvalue weighted by Gasteiger charge is 2.29. The monoisotopic (exact) mass is 365 g/mol. The van der Waals surface area contributed by atoms with Crippen molar-refractivity contribution in [2.75, 3.05) is 0 Å². The second-order valence-electron chi connectivity index (χ2n) is 6.49. The van der Waals surface area contributed by atoms with Gasteiger partial charge < -0.3 is 5.32 Å². The Kier molecular flexibility index (Phi) is 4.35. The Labute approximate surface area is 162 Å². The van der Waals surface area contributed by atoms with Gasteiger partial charge in [-0.25, -0.2) is 0 Å². The van der Waals surface area contributed by atoms with E-state index in [-0.39, 0.29) is 23.0 Å². The maximum absolute atomic E-state index is 12.8. The van der Waals surface area contributed by atoms with Crippen LogP contribution in [0.25, 0.3) is 0 Å². The van der Waals surface area contributed by atoms with Crippen molar-refractivity contribution in [3.63, 3.8) is 0 Å². The lowest BCUT2D eigenvalue weighted by molar-refractivity contribution is 0.0948. The molecule has 0 atom stereocenters. The van der Waals surface area contributed by atoms with Gasteiger partial charge in [-0.3, -0.25) is 14.4 Å². The summed E-state index contributed by atoms with van der Waals surface area (Å²) in [5.41, 5.74) is 3.28. The summed E-state index contributed by atoms with van der Waals surface area (Å²) >= 11 is 0. The molecule has 0 fully saturated rings. The first-order valence-electron chi connectivity index (χ1n) is 8.74. The molecule has 1 aliphatic rings. The normalized spacial score (nSPS) is 12.0. The molecular formula is C24H15NO3. The van der Waals surface area contributed by atoms with Crippen LogP contribution in [0.5, 0.6) is 0 Å². The molecule has 4 heteroatoms. The molecule has 1 N–H and O–H groups in total. The van der Waals surface area contributed by atoms with Gasteiger partial charge in [-0.2, -0.15) is 0 Å². The number of fused-ring (bicyclic) bond motifs is 2. The second kappa shape index (κ2) is 6.98. The highest BCUT2D eigenvalue weighted by Crippen LogP contribution is 2.27. The Hall–Kier alpha value is -3.97. The molecule has 0 unspecified atom stereocenters. The fourth-order valence-corrected chi connectivity index (χ4v) is 3.30. The number of amides is 1. The van der Waals surface area contributed by atoms with Gasteiger partial charge in [0.1, 0.15) is 0 Å². The van der Waals surface area contributed by atoms with Gasteiger partial charge in [-0.1, -0.05) is 42.3 Å². The maximum Gasteiger partial charge on any atom is 0.251 e. The van der Waals surface area contributed by atoms with Crippen LogP contribution in [0.15, 0.2) is 66.7 Å². The fraction of sp³-hybridized carbons (Fsp3) is 0.0417. The summed E-state index contributed by atoms with van der Waals surface area (Å²) in [5, 5.41) is 2.81. The van der Waals surface area contributed by atoms with Gasteiger partial charge in [-0.15, -0.1) is 6.42 Å². The summed E-state index contributed by atoms with van der Waals surface area (Å²) in [6, 6.07) is 18.6. The first-order valence-corrected chi connectivity index (χ1v) is 8.74. The molecule has 0 radical (unpaired) electrons. The molecule has 1 amide bonds. The topological polar surface area (TPSA) is 63.2 Å². The summed E-state index contributed by atoms with van der Waals surface area (Å²) in [6.07, 6.45) is 5.39. The van der Waals surface area contributed by atoms with Crippen LogP contribution in [-0.2, 0) is 6.54 Å². The number of carbonyl (C=O) groups is 3. The third kappa shape index (κ3) is 3.00. The zero-order valence-corrected chi connectivity index (χ0v) is 14.9. The molecule has 0 heterocycles. The molecule has 28 heavy (non-hydrogen) atoms. The summed E-state index contributed by atoms with van der Waals surface area (Å²) in [5.74, 6) is 1.78. The van der Waals surface area contributed by atoms with Crippen LogP contribution in [0.4, 0.5) is 0 Å². The van der Waals surface area contributed by atoms with Gasteiger partial charge in [0.15, 0.2) is 11.6 Å². The summed E-state index contributed by atoms with van der Waals surface area (Å²) in [4.78, 5) is 38.0. The molecule has 134 valence electrons. The van der Waals surface area contributed by atoms with E-state index >= 15 is 0 Å². The Morgan fingerprint density at radius 3 is 2.21 bits per heavy atom. The van der Waals surface area contributed by atoms with E-state index < -0.39 is 0 Å². The van der Waals surface area contributed by atoms with E-state index in [0.29, 0.717) is 28.8 Å². The standard InChI is InChI=1S/C24H15NO3/c1-2-15-6-5-7-16(12-15)14-25-24(28)17-10-11-20-21(13-17)23(27)19-9-4-3-8-18(19)22(20)26/h1,3-13H,14H2,(H,25,28). The number of carbonyl (C=O) groups excluding carboxylic acids is 3. The van der Waals surface area contributed by atoms with Crippen molar-refractivity contribution in [1.82, 2.24) is 5.32 Å². The Morgan fingerprint density at radius 1 is 0.821 bits per heavy atom. The smallest absolute Gasteiger partial charge is 0.251 e. The van der Waals surface area contributed by atoms with Crippen molar-refractivity contribution < 1.29 is 14.4 Å². The number of ketones is 2. The van der Waals surface area contributed by atoms with Gasteiger partial charge >= 0.3 is 0 Å². The molecule has 4 nitrogen and oxygen atoms in total. The van der Waals surface area contributed by atoms with Crippen LogP contribution in [-0.4, -0.2) is 17.5 Å². The molecule has 0 bridgehead atoms. The number of terminal acetylenes is 1. The van der Waals surface area contributed by atoms with Crippen molar-refractivity contribution in [3.05, 3.63) is 106 Å². The lowest BCUT2D eigenvalue weighted by atomic mass is 9.83. The minimum absolute atomic E-state index is 0.205. The van der Waals surface area contributed by atoms with Crippen LogP contribution in [0, 0.1) is 12.3 Å². The van der Waals surface area contributed by atoms with E-state index in [1.807, 2.05) is 24.3 Å². The summed E-state index contributed by atoms with van der Waals surface area (Å²) < 4.78 is 0. The first-order chi connectivity index (χ1) is 13.6. The van der Waals surface area contributed by atoms with Crippen LogP contribution in [0.2, 0.25) is 0 Å². The van der Waals surface area contributed by atoms with Crippen LogP contribution in [0.1, 0.15) is 53.3 Å². The lowest BCUT2D eigenvalue weighted by Crippen LogP contribution is -2.25. The van der Waals surface area contributed by atoms with Crippen molar-refractivity contribution in [2.45, 2.75) is 6.54 Å². The third-order valence-corrected chi connectivity index (χ3v) is 4.73. The van der Waals surface area contributed by atoms with Crippen molar-refractivity contribution in [2.24, 2.45) is 0 Å². The molecule has 3 aromatic carbocycles. The van der Waals surface area contributed by atoms with Crippen molar-refractivity contribution in [1.29, 1.82) is 0 Å². The minimum atomic E-state index is -0.326. The van der Waals surface area contributed by atoms with Crippen molar-refractivity contribution >= 4 is 17.5 Å². The van der Waals surface area contributed by atoms with Crippen molar-refractivity contribution in [3.8, 4) is 12.3 Å². The van der Waals surface area contributed by atoms with E-state index in [2.05, 4.69) is 11.2 Å². The second-order valence-corrected chi connectivity index (χ2v) is 6.49. The fourth-order valence-electron chi connectivity index (χ4n) is 3.30. The molecule has 3 aromatic rings. The predicted molar refractivity (Wildman–Crippen MR) is 105 cm³/mol. The molecular weight excluding hydrogens is 350 g/mol. The molecule has 0 aromatic heterocycles. The summed E-state index contributed by atoms with van der Waals surface area (Å²) in [7, 11) is 0. The molecule has 0 spiro atoms. The van der Waals surface area contributed by atoms with Gasteiger partial charge in [0.2, 0.25) is 0 Å². The van der Waals surface area contributed by atoms with Gasteiger partial charge in [0.25, 0.3) is 5.91 Å². The zero-order chi connectivity index (χ0) is 19.7. The Bertz CT molecular complexity index is 1180. The van der Waals surface area contributed by atoms with E-state index in [9.17, 15) is 14.4 Å². The maximum atomic E-state index is 12.8. The Morgan fingerprint density at radius 2 is 1.50 bits per heavy atom. The Balaban J connectivity index is 1.59. The lowest BCUT2D eigenvalue weighted by Gasteiger charge is -2.18. The van der Waals surface area contributed by atoms with Crippen LogP contribution >= 0.6 is 0 Å². The number of hydrogen-bond donors (Lipinski definition) is 1. The van der Waals surface area contributed by atoms with E-state index in [1.54, 1.807) is 36.4 Å². The average molecular weight is 365 g/mol. The number of nitrogens with one attached hydrogen (secondary N) is 1. The predicted octanol–water partition coefficient (Wildman–Crippen LogP) is 3.37. The number of rotatable bonds is 3. The van der Waals surface area contributed by atoms with E-state index in [4.69, 9.17) is 6.42 Å². The van der Waals surface area contributed by atoms with Gasteiger partial charge in [0, 0.05) is 39.9 Å². The van der Waals surface area contributed by atoms with Gasteiger partial charge in [-0.05, 0) is 35.9 Å². The van der Waals surface area contributed by atoms with Gasteiger partial charge in [0.05, 0.1) is 0 Å². The molecule has 4 rings (SSSR count). The van der Waals surface area contributed by atoms with Crippen LogP contribution in [0.3, 0.4) is 0 Å². The largest absolute Gasteiger partial charge is 0.348 e. The number of benzene rings is 3. The highest BCUT2D eigenvalue weighted by molar-refractivity contribution is 6.28. The zero-order valence-electron chi connectivity index (χ0n) is 14.9. The van der Waals surface area contributed by atoms with Crippen LogP contribution < -0.4 is 5.32 Å². The molecule has 0 saturated carbocycles. The highest BCUT2D eigenvalue weighted by atomic mass is 16.2. The van der Waals surface area contributed by atoms with E-state index in [0.717, 1.165) is 11.1 Å². The summed E-state index contributed by atoms with van der Waals surface area (Å²) in [6.45, 7) is 0.307. The molecule has 0 aliphatic heterocycles.